The topological polar surface area (TPSA) is 69.0 Å². The Kier molecular flexibility index (Phi) is 6.03. The molecule has 38 heavy (non-hydrogen) atoms. The number of carbonyl (C=O) groups is 1. The number of hydrogen-bond donors (Lipinski definition) is 0. The van der Waals surface area contributed by atoms with Crippen molar-refractivity contribution < 1.29 is 27.4 Å². The highest BCUT2D eigenvalue weighted by Crippen LogP contribution is 2.49. The van der Waals surface area contributed by atoms with Gasteiger partial charge in [-0.25, -0.2) is 9.50 Å². The van der Waals surface area contributed by atoms with Gasteiger partial charge < -0.3 is 14.4 Å². The fourth-order valence-electron chi connectivity index (χ4n) is 6.16. The number of aromatic nitrogens is 3. The molecule has 0 radical (unpaired) electrons. The molecule has 2 atom stereocenters. The highest BCUT2D eigenvalue weighted by molar-refractivity contribution is 5.73. The maximum atomic E-state index is 13.0. The number of ether oxygens (including phenoxy) is 2. The van der Waals surface area contributed by atoms with Gasteiger partial charge in [0.25, 0.3) is 0 Å². The summed E-state index contributed by atoms with van der Waals surface area (Å²) in [4.78, 5) is 18.1. The van der Waals surface area contributed by atoms with Crippen LogP contribution in [0.5, 0.6) is 5.75 Å². The van der Waals surface area contributed by atoms with Gasteiger partial charge in [-0.1, -0.05) is 19.1 Å². The van der Waals surface area contributed by atoms with Crippen LogP contribution in [0.2, 0.25) is 0 Å². The molecule has 1 saturated heterocycles. The Balaban J connectivity index is 1.17. The van der Waals surface area contributed by atoms with Crippen molar-refractivity contribution in [1.82, 2.24) is 14.6 Å². The van der Waals surface area contributed by atoms with E-state index in [0.29, 0.717) is 24.8 Å². The SMILES string of the molecule is COC(=O)[C@H](C)[C@H](c1ccc2c(c1)OC1(CC2)CCN(c2ccc3nc(C(F)(F)F)cn3n2)CC1)C1CC1. The van der Waals surface area contributed by atoms with Crippen LogP contribution in [0.1, 0.15) is 61.8 Å². The van der Waals surface area contributed by atoms with Crippen LogP contribution in [-0.2, 0) is 22.1 Å². The number of benzene rings is 1. The standard InChI is InChI=1S/C28H31F3N4O3/c1-17(26(36)37-2)25(19-4-5-19)20-6-3-18-9-10-27(38-21(18)15-20)11-13-34(14-12-27)24-8-7-23-32-22(28(29,30)31)16-35(23)33-24/h3,6-8,15-17,19,25H,4-5,9-14H2,1-2H3/t17-,25+/m1/s1. The van der Waals surface area contributed by atoms with Gasteiger partial charge in [0, 0.05) is 25.9 Å². The lowest BCUT2D eigenvalue weighted by molar-refractivity contribution is -0.146. The first-order valence-electron chi connectivity index (χ1n) is 13.2. The molecule has 7 nitrogen and oxygen atoms in total. The average molecular weight is 529 g/mol. The molecule has 2 aromatic heterocycles. The molecule has 4 heterocycles. The highest BCUT2D eigenvalue weighted by atomic mass is 19.4. The van der Waals surface area contributed by atoms with E-state index in [0.717, 1.165) is 56.0 Å². The van der Waals surface area contributed by atoms with Gasteiger partial charge >= 0.3 is 12.1 Å². The molecule has 1 aliphatic carbocycles. The summed E-state index contributed by atoms with van der Waals surface area (Å²) >= 11 is 0. The minimum absolute atomic E-state index is 0.123. The van der Waals surface area contributed by atoms with Crippen LogP contribution in [0.15, 0.2) is 36.5 Å². The van der Waals surface area contributed by atoms with Crippen molar-refractivity contribution in [2.24, 2.45) is 11.8 Å². The Hall–Kier alpha value is -3.30. The molecular weight excluding hydrogens is 497 g/mol. The van der Waals surface area contributed by atoms with Crippen LogP contribution in [0.25, 0.3) is 5.65 Å². The van der Waals surface area contributed by atoms with Gasteiger partial charge in [0.05, 0.1) is 19.2 Å². The largest absolute Gasteiger partial charge is 0.487 e. The van der Waals surface area contributed by atoms with E-state index in [1.54, 1.807) is 12.1 Å². The number of carbonyl (C=O) groups excluding carboxylic acids is 1. The number of halogens is 3. The molecule has 2 aliphatic heterocycles. The van der Waals surface area contributed by atoms with Crippen molar-refractivity contribution in [3.05, 3.63) is 53.3 Å². The molecule has 10 heteroatoms. The van der Waals surface area contributed by atoms with E-state index < -0.39 is 11.9 Å². The zero-order valence-corrected chi connectivity index (χ0v) is 21.5. The third-order valence-electron chi connectivity index (χ3n) is 8.49. The van der Waals surface area contributed by atoms with Gasteiger partial charge in [-0.05, 0) is 66.8 Å². The zero-order valence-electron chi connectivity index (χ0n) is 21.5. The Morgan fingerprint density at radius 2 is 1.92 bits per heavy atom. The van der Waals surface area contributed by atoms with Crippen LogP contribution >= 0.6 is 0 Å². The molecule has 0 bridgehead atoms. The molecule has 1 aromatic carbocycles. The number of piperidine rings is 1. The Morgan fingerprint density at radius 1 is 1.16 bits per heavy atom. The number of nitrogens with zero attached hydrogens (tertiary/aromatic N) is 4. The molecule has 3 aliphatic rings. The van der Waals surface area contributed by atoms with Crippen LogP contribution in [0.3, 0.4) is 0 Å². The normalized spacial score (nSPS) is 20.6. The van der Waals surface area contributed by atoms with Crippen molar-refractivity contribution >= 4 is 17.4 Å². The van der Waals surface area contributed by atoms with E-state index in [-0.39, 0.29) is 29.1 Å². The summed E-state index contributed by atoms with van der Waals surface area (Å²) in [7, 11) is 1.44. The first kappa shape index (κ1) is 25.0. The maximum absolute atomic E-state index is 13.0. The lowest BCUT2D eigenvalue weighted by atomic mass is 9.80. The second kappa shape index (κ2) is 9.17. The van der Waals surface area contributed by atoms with Crippen molar-refractivity contribution in [3.8, 4) is 5.75 Å². The lowest BCUT2D eigenvalue weighted by Crippen LogP contribution is -2.50. The Morgan fingerprint density at radius 3 is 2.61 bits per heavy atom. The first-order chi connectivity index (χ1) is 18.2. The minimum Gasteiger partial charge on any atom is -0.487 e. The first-order valence-corrected chi connectivity index (χ1v) is 13.2. The summed E-state index contributed by atoms with van der Waals surface area (Å²) in [6.45, 7) is 3.34. The van der Waals surface area contributed by atoms with Crippen molar-refractivity contribution in [2.75, 3.05) is 25.1 Å². The predicted molar refractivity (Wildman–Crippen MR) is 134 cm³/mol. The summed E-state index contributed by atoms with van der Waals surface area (Å²) < 4.78 is 52.1. The molecule has 1 spiro atoms. The average Bonchev–Trinajstić information content (AvgIpc) is 3.63. The number of aryl methyl sites for hydroxylation is 1. The third kappa shape index (κ3) is 4.58. The number of hydrogen-bond acceptors (Lipinski definition) is 6. The molecule has 3 aromatic rings. The number of methoxy groups -OCH3 is 1. The molecule has 0 N–H and O–H groups in total. The summed E-state index contributed by atoms with van der Waals surface area (Å²) in [5.74, 6) is 1.76. The summed E-state index contributed by atoms with van der Waals surface area (Å²) in [6.07, 6.45) is 2.10. The van der Waals surface area contributed by atoms with E-state index in [9.17, 15) is 18.0 Å². The van der Waals surface area contributed by atoms with Crippen LogP contribution in [0.4, 0.5) is 19.0 Å². The van der Waals surface area contributed by atoms with Crippen molar-refractivity contribution in [1.29, 1.82) is 0 Å². The van der Waals surface area contributed by atoms with Gasteiger partial charge in [0.1, 0.15) is 17.2 Å². The number of esters is 1. The number of fused-ring (bicyclic) bond motifs is 2. The molecule has 2 fully saturated rings. The fraction of sp³-hybridized carbons (Fsp3) is 0.536. The van der Waals surface area contributed by atoms with E-state index in [2.05, 4.69) is 33.2 Å². The van der Waals surface area contributed by atoms with E-state index in [1.165, 1.54) is 17.2 Å². The summed E-state index contributed by atoms with van der Waals surface area (Å²) in [6, 6.07) is 9.73. The molecule has 202 valence electrons. The Labute approximate surface area is 218 Å². The minimum atomic E-state index is -4.50. The fourth-order valence-corrected chi connectivity index (χ4v) is 6.16. The molecular formula is C28H31F3N4O3. The molecule has 0 unspecified atom stereocenters. The van der Waals surface area contributed by atoms with Crippen LogP contribution < -0.4 is 9.64 Å². The van der Waals surface area contributed by atoms with Gasteiger partial charge in [-0.2, -0.15) is 13.2 Å². The second-order valence-electron chi connectivity index (χ2n) is 10.9. The van der Waals surface area contributed by atoms with Crippen molar-refractivity contribution in [3.63, 3.8) is 0 Å². The number of alkyl halides is 3. The lowest BCUT2D eigenvalue weighted by Gasteiger charge is -2.45. The van der Waals surface area contributed by atoms with Crippen molar-refractivity contribution in [2.45, 2.75) is 63.1 Å². The Bertz CT molecular complexity index is 1360. The van der Waals surface area contributed by atoms with E-state index in [4.69, 9.17) is 9.47 Å². The predicted octanol–water partition coefficient (Wildman–Crippen LogP) is 5.42. The van der Waals surface area contributed by atoms with Crippen LogP contribution in [0, 0.1) is 11.8 Å². The van der Waals surface area contributed by atoms with Crippen LogP contribution in [-0.4, -0.2) is 46.4 Å². The maximum Gasteiger partial charge on any atom is 0.434 e. The van der Waals surface area contributed by atoms with Gasteiger partial charge in [0.15, 0.2) is 11.3 Å². The number of imidazole rings is 1. The summed E-state index contributed by atoms with van der Waals surface area (Å²) in [5, 5.41) is 4.40. The van der Waals surface area contributed by atoms with Gasteiger partial charge in [-0.15, -0.1) is 5.10 Å². The smallest absolute Gasteiger partial charge is 0.434 e. The number of anilines is 1. The van der Waals surface area contributed by atoms with E-state index in [1.807, 2.05) is 6.92 Å². The van der Waals surface area contributed by atoms with E-state index >= 15 is 0 Å². The zero-order chi connectivity index (χ0) is 26.7. The summed E-state index contributed by atoms with van der Waals surface area (Å²) in [5.41, 5.74) is 1.26. The second-order valence-corrected chi connectivity index (χ2v) is 10.9. The highest BCUT2D eigenvalue weighted by Gasteiger charge is 2.42. The molecule has 6 rings (SSSR count). The molecule has 0 amide bonds. The van der Waals surface area contributed by atoms with Gasteiger partial charge in [0.2, 0.25) is 0 Å². The quantitative estimate of drug-likeness (QED) is 0.413. The molecule has 1 saturated carbocycles. The van der Waals surface area contributed by atoms with Gasteiger partial charge in [-0.3, -0.25) is 4.79 Å². The monoisotopic (exact) mass is 528 g/mol. The third-order valence-corrected chi connectivity index (χ3v) is 8.49. The number of rotatable bonds is 5.